The highest BCUT2D eigenvalue weighted by Crippen LogP contribution is 2.37. The predicted octanol–water partition coefficient (Wildman–Crippen LogP) is 4.78. The van der Waals surface area contributed by atoms with Gasteiger partial charge in [0.1, 0.15) is 5.82 Å². The topological polar surface area (TPSA) is 55.1 Å². The highest BCUT2D eigenvalue weighted by Gasteiger charge is 2.32. The summed E-state index contributed by atoms with van der Waals surface area (Å²) in [5, 5.41) is 10.0. The maximum Gasteiger partial charge on any atom is 0.304 e. The number of carbonyl (C=O) groups is 1. The summed E-state index contributed by atoms with van der Waals surface area (Å²) in [7, 11) is 0. The van der Waals surface area contributed by atoms with Crippen LogP contribution in [0.25, 0.3) is 0 Å². The molecule has 1 heterocycles. The van der Waals surface area contributed by atoms with Crippen molar-refractivity contribution in [2.75, 3.05) is 0 Å². The van der Waals surface area contributed by atoms with Crippen LogP contribution in [0.5, 0.6) is 0 Å². The number of imidazole rings is 1. The number of fused-ring (bicyclic) bond motifs is 1. The van der Waals surface area contributed by atoms with E-state index in [1.54, 1.807) is 0 Å². The van der Waals surface area contributed by atoms with Crippen molar-refractivity contribution >= 4 is 17.6 Å². The predicted molar refractivity (Wildman–Crippen MR) is 99.4 cm³/mol. The van der Waals surface area contributed by atoms with Gasteiger partial charge in [-0.15, -0.1) is 0 Å². The van der Waals surface area contributed by atoms with Crippen molar-refractivity contribution in [3.63, 3.8) is 0 Å². The molecule has 1 aromatic heterocycles. The Morgan fingerprint density at radius 2 is 2.00 bits per heavy atom. The molecule has 0 fully saturated rings. The monoisotopic (exact) mass is 360 g/mol. The van der Waals surface area contributed by atoms with E-state index in [4.69, 9.17) is 16.6 Å². The smallest absolute Gasteiger partial charge is 0.304 e. The van der Waals surface area contributed by atoms with E-state index in [2.05, 4.69) is 25.3 Å². The van der Waals surface area contributed by atoms with Crippen molar-refractivity contribution in [3.8, 4) is 0 Å². The number of halogens is 1. The standard InChI is InChI=1S/C20H25ClN2O2/c1-20(2,3)19-22-16-6-4-5-14(11-17(24)25)18(16)23(19)12-13-7-9-15(21)10-8-13/h7-10,14H,4-6,11-12H2,1-3H3,(H,24,25). The summed E-state index contributed by atoms with van der Waals surface area (Å²) in [6, 6.07) is 7.84. The molecular formula is C20H25ClN2O2. The molecule has 0 bridgehead atoms. The van der Waals surface area contributed by atoms with Gasteiger partial charge in [-0.05, 0) is 37.0 Å². The van der Waals surface area contributed by atoms with Crippen LogP contribution in [-0.2, 0) is 23.2 Å². The fourth-order valence-electron chi connectivity index (χ4n) is 3.72. The Labute approximate surface area is 153 Å². The van der Waals surface area contributed by atoms with Gasteiger partial charge in [0.2, 0.25) is 0 Å². The third-order valence-corrected chi connectivity index (χ3v) is 5.03. The minimum atomic E-state index is -0.741. The first-order valence-electron chi connectivity index (χ1n) is 8.81. The molecule has 5 heteroatoms. The molecule has 0 spiro atoms. The van der Waals surface area contributed by atoms with E-state index < -0.39 is 5.97 Å². The van der Waals surface area contributed by atoms with E-state index in [-0.39, 0.29) is 17.8 Å². The molecular weight excluding hydrogens is 336 g/mol. The maximum atomic E-state index is 11.3. The highest BCUT2D eigenvalue weighted by atomic mass is 35.5. The van der Waals surface area contributed by atoms with Gasteiger partial charge in [0.25, 0.3) is 0 Å². The molecule has 0 amide bonds. The van der Waals surface area contributed by atoms with Gasteiger partial charge >= 0.3 is 5.97 Å². The second-order valence-corrected chi connectivity index (χ2v) is 8.35. The summed E-state index contributed by atoms with van der Waals surface area (Å²) in [6.45, 7) is 7.17. The minimum absolute atomic E-state index is 0.0390. The molecule has 4 nitrogen and oxygen atoms in total. The first kappa shape index (κ1) is 18.0. The molecule has 0 saturated carbocycles. The van der Waals surface area contributed by atoms with Gasteiger partial charge in [0.15, 0.2) is 0 Å². The number of aromatic nitrogens is 2. The molecule has 1 N–H and O–H groups in total. The van der Waals surface area contributed by atoms with Gasteiger partial charge in [-0.3, -0.25) is 4.79 Å². The van der Waals surface area contributed by atoms with E-state index in [0.29, 0.717) is 6.54 Å². The molecule has 1 aromatic carbocycles. The zero-order valence-electron chi connectivity index (χ0n) is 15.1. The van der Waals surface area contributed by atoms with Crippen molar-refractivity contribution in [3.05, 3.63) is 52.1 Å². The van der Waals surface area contributed by atoms with Crippen LogP contribution in [0, 0.1) is 0 Å². The second kappa shape index (κ2) is 6.83. The van der Waals surface area contributed by atoms with E-state index >= 15 is 0 Å². The largest absolute Gasteiger partial charge is 0.481 e. The average Bonchev–Trinajstić information content (AvgIpc) is 2.89. The van der Waals surface area contributed by atoms with E-state index in [1.165, 1.54) is 0 Å². The van der Waals surface area contributed by atoms with Crippen LogP contribution in [0.2, 0.25) is 5.02 Å². The number of hydrogen-bond donors (Lipinski definition) is 1. The van der Waals surface area contributed by atoms with E-state index in [1.807, 2.05) is 24.3 Å². The van der Waals surface area contributed by atoms with E-state index in [0.717, 1.165) is 47.1 Å². The molecule has 3 rings (SSSR count). The quantitative estimate of drug-likeness (QED) is 0.853. The summed E-state index contributed by atoms with van der Waals surface area (Å²) < 4.78 is 2.26. The van der Waals surface area contributed by atoms with E-state index in [9.17, 15) is 9.90 Å². The van der Waals surface area contributed by atoms with Crippen LogP contribution in [0.15, 0.2) is 24.3 Å². The molecule has 0 aliphatic heterocycles. The molecule has 1 unspecified atom stereocenters. The van der Waals surface area contributed by atoms with Crippen LogP contribution < -0.4 is 0 Å². The average molecular weight is 361 g/mol. The molecule has 25 heavy (non-hydrogen) atoms. The molecule has 1 atom stereocenters. The number of aliphatic carboxylic acids is 1. The third-order valence-electron chi connectivity index (χ3n) is 4.78. The lowest BCUT2D eigenvalue weighted by atomic mass is 9.87. The Hall–Kier alpha value is -1.81. The molecule has 0 saturated heterocycles. The minimum Gasteiger partial charge on any atom is -0.481 e. The summed E-state index contributed by atoms with van der Waals surface area (Å²) in [4.78, 5) is 16.3. The summed E-state index contributed by atoms with van der Waals surface area (Å²) in [5.74, 6) is 0.330. The zero-order valence-corrected chi connectivity index (χ0v) is 15.8. The maximum absolute atomic E-state index is 11.3. The fourth-order valence-corrected chi connectivity index (χ4v) is 3.85. The van der Waals surface area contributed by atoms with Gasteiger partial charge < -0.3 is 9.67 Å². The normalized spacial score (nSPS) is 17.4. The fraction of sp³-hybridized carbons (Fsp3) is 0.500. The number of aryl methyl sites for hydroxylation is 1. The number of carboxylic acids is 1. The van der Waals surface area contributed by atoms with Crippen molar-refractivity contribution in [1.82, 2.24) is 9.55 Å². The number of rotatable bonds is 4. The molecule has 0 radical (unpaired) electrons. The van der Waals surface area contributed by atoms with Crippen LogP contribution in [0.3, 0.4) is 0 Å². The molecule has 134 valence electrons. The third kappa shape index (κ3) is 3.90. The van der Waals surface area contributed by atoms with Crippen molar-refractivity contribution in [2.24, 2.45) is 0 Å². The number of carboxylic acid groups (broad SMARTS) is 1. The highest BCUT2D eigenvalue weighted by molar-refractivity contribution is 6.30. The number of hydrogen-bond acceptors (Lipinski definition) is 2. The Morgan fingerprint density at radius 1 is 1.32 bits per heavy atom. The van der Waals surface area contributed by atoms with Crippen LogP contribution in [0.4, 0.5) is 0 Å². The van der Waals surface area contributed by atoms with Gasteiger partial charge in [-0.25, -0.2) is 4.98 Å². The summed E-state index contributed by atoms with van der Waals surface area (Å²) in [6.07, 6.45) is 3.02. The number of nitrogens with zero attached hydrogens (tertiary/aromatic N) is 2. The SMILES string of the molecule is CC(C)(C)c1nc2c(n1Cc1ccc(Cl)cc1)C(CC(=O)O)CCC2. The second-order valence-electron chi connectivity index (χ2n) is 7.92. The van der Waals surface area contributed by atoms with Crippen LogP contribution in [0.1, 0.15) is 68.7 Å². The molecule has 1 aliphatic rings. The van der Waals surface area contributed by atoms with Crippen molar-refractivity contribution in [1.29, 1.82) is 0 Å². The first-order valence-corrected chi connectivity index (χ1v) is 9.19. The van der Waals surface area contributed by atoms with Crippen LogP contribution >= 0.6 is 11.6 Å². The Morgan fingerprint density at radius 3 is 2.60 bits per heavy atom. The van der Waals surface area contributed by atoms with Gasteiger partial charge in [-0.1, -0.05) is 44.5 Å². The Kier molecular flexibility index (Phi) is 4.92. The lowest BCUT2D eigenvalue weighted by molar-refractivity contribution is -0.137. The Balaban J connectivity index is 2.08. The van der Waals surface area contributed by atoms with Gasteiger partial charge in [-0.2, -0.15) is 0 Å². The lowest BCUT2D eigenvalue weighted by Crippen LogP contribution is -2.22. The lowest BCUT2D eigenvalue weighted by Gasteiger charge is -2.26. The molecule has 2 aromatic rings. The van der Waals surface area contributed by atoms with Crippen molar-refractivity contribution < 1.29 is 9.90 Å². The van der Waals surface area contributed by atoms with Crippen LogP contribution in [-0.4, -0.2) is 20.6 Å². The van der Waals surface area contributed by atoms with Gasteiger partial charge in [0.05, 0.1) is 12.1 Å². The van der Waals surface area contributed by atoms with Crippen molar-refractivity contribution in [2.45, 2.75) is 64.3 Å². The Bertz CT molecular complexity index is 772. The summed E-state index contributed by atoms with van der Waals surface area (Å²) >= 11 is 6.01. The molecule has 1 aliphatic carbocycles. The van der Waals surface area contributed by atoms with Gasteiger partial charge in [0, 0.05) is 28.6 Å². The first-order chi connectivity index (χ1) is 11.8. The number of benzene rings is 1. The summed E-state index contributed by atoms with van der Waals surface area (Å²) in [5.41, 5.74) is 3.25. The zero-order chi connectivity index (χ0) is 18.2.